The Bertz CT molecular complexity index is 802. The molecule has 24 heavy (non-hydrogen) atoms. The van der Waals surface area contributed by atoms with Crippen LogP contribution >= 0.6 is 23.4 Å². The van der Waals surface area contributed by atoms with Gasteiger partial charge in [-0.2, -0.15) is 0 Å². The molecular formula is C17H20ClN3O2S. The van der Waals surface area contributed by atoms with Crippen LogP contribution in [0.15, 0.2) is 24.4 Å². The van der Waals surface area contributed by atoms with Crippen LogP contribution in [0.1, 0.15) is 25.8 Å². The van der Waals surface area contributed by atoms with Gasteiger partial charge < -0.3 is 15.6 Å². The lowest BCUT2D eigenvalue weighted by Crippen LogP contribution is -2.51. The van der Waals surface area contributed by atoms with Crippen molar-refractivity contribution in [1.82, 2.24) is 9.88 Å². The summed E-state index contributed by atoms with van der Waals surface area (Å²) in [6.45, 7) is 3.89. The average Bonchev–Trinajstić information content (AvgIpc) is 3.04. The van der Waals surface area contributed by atoms with Gasteiger partial charge in [-0.05, 0) is 44.0 Å². The molecule has 2 aromatic rings. The van der Waals surface area contributed by atoms with E-state index in [-0.39, 0.29) is 10.7 Å². The summed E-state index contributed by atoms with van der Waals surface area (Å²) < 4.78 is -0.351. The Kier molecular flexibility index (Phi) is 4.53. The number of carbonyl (C=O) groups excluding carboxylic acids is 2. The minimum atomic E-state index is -0.563. The molecule has 1 saturated heterocycles. The fraction of sp³-hybridized carbons (Fsp3) is 0.412. The maximum Gasteiger partial charge on any atom is 0.241 e. The Hall–Kier alpha value is -1.66. The number of primary amides is 1. The highest BCUT2D eigenvalue weighted by molar-refractivity contribution is 8.00. The summed E-state index contributed by atoms with van der Waals surface area (Å²) >= 11 is 7.64. The Morgan fingerprint density at radius 1 is 1.46 bits per heavy atom. The van der Waals surface area contributed by atoms with E-state index >= 15 is 0 Å². The second kappa shape index (κ2) is 6.33. The van der Waals surface area contributed by atoms with Crippen molar-refractivity contribution in [2.75, 3.05) is 5.88 Å². The maximum absolute atomic E-state index is 12.6. The largest absolute Gasteiger partial charge is 0.368 e. The van der Waals surface area contributed by atoms with Crippen LogP contribution in [0.2, 0.25) is 5.02 Å². The summed E-state index contributed by atoms with van der Waals surface area (Å²) in [5, 5.41) is 1.69. The first-order chi connectivity index (χ1) is 11.3. The predicted octanol–water partition coefficient (Wildman–Crippen LogP) is 2.92. The molecule has 1 aromatic carbocycles. The van der Waals surface area contributed by atoms with Crippen molar-refractivity contribution in [3.63, 3.8) is 0 Å². The van der Waals surface area contributed by atoms with Crippen molar-refractivity contribution < 1.29 is 9.59 Å². The molecule has 0 unspecified atom stereocenters. The molecule has 0 saturated carbocycles. The number of amides is 2. The topological polar surface area (TPSA) is 79.2 Å². The van der Waals surface area contributed by atoms with Gasteiger partial charge in [0.1, 0.15) is 6.04 Å². The number of carbonyl (C=O) groups is 2. The Labute approximate surface area is 149 Å². The van der Waals surface area contributed by atoms with Gasteiger partial charge in [0.15, 0.2) is 0 Å². The number of thioether (sulfide) groups is 1. The van der Waals surface area contributed by atoms with Crippen molar-refractivity contribution in [2.45, 2.75) is 37.5 Å². The van der Waals surface area contributed by atoms with E-state index < -0.39 is 11.9 Å². The Balaban J connectivity index is 1.73. The van der Waals surface area contributed by atoms with Crippen LogP contribution in [0.4, 0.5) is 0 Å². The van der Waals surface area contributed by atoms with Crippen LogP contribution in [0.5, 0.6) is 0 Å². The minimum Gasteiger partial charge on any atom is -0.368 e. The smallest absolute Gasteiger partial charge is 0.241 e. The van der Waals surface area contributed by atoms with Gasteiger partial charge in [-0.25, -0.2) is 0 Å². The van der Waals surface area contributed by atoms with Crippen molar-refractivity contribution in [2.24, 2.45) is 5.73 Å². The van der Waals surface area contributed by atoms with Gasteiger partial charge in [0, 0.05) is 33.3 Å². The first-order valence-electron chi connectivity index (χ1n) is 7.78. The number of halogens is 1. The van der Waals surface area contributed by atoms with E-state index in [1.165, 1.54) is 0 Å². The first-order valence-corrected chi connectivity index (χ1v) is 9.14. The van der Waals surface area contributed by atoms with Crippen LogP contribution in [0.3, 0.4) is 0 Å². The molecular weight excluding hydrogens is 346 g/mol. The maximum atomic E-state index is 12.6. The zero-order valence-corrected chi connectivity index (χ0v) is 15.2. The van der Waals surface area contributed by atoms with E-state index in [2.05, 4.69) is 4.98 Å². The second-order valence-electron chi connectivity index (χ2n) is 6.55. The number of benzene rings is 1. The molecule has 0 aliphatic carbocycles. The average molecular weight is 366 g/mol. The van der Waals surface area contributed by atoms with Crippen molar-refractivity contribution >= 4 is 46.1 Å². The van der Waals surface area contributed by atoms with Gasteiger partial charge in [0.25, 0.3) is 0 Å². The molecule has 0 radical (unpaired) electrons. The summed E-state index contributed by atoms with van der Waals surface area (Å²) in [5.74, 6) is 0.00423. The molecule has 1 aliphatic rings. The number of nitrogens with two attached hydrogens (primary N) is 1. The molecule has 2 amide bonds. The van der Waals surface area contributed by atoms with E-state index in [4.69, 9.17) is 17.3 Å². The summed E-state index contributed by atoms with van der Waals surface area (Å²) in [7, 11) is 0. The molecule has 7 heteroatoms. The number of aromatic amines is 1. The molecule has 3 N–H and O–H groups in total. The highest BCUT2D eigenvalue weighted by atomic mass is 35.5. The van der Waals surface area contributed by atoms with Crippen LogP contribution < -0.4 is 5.73 Å². The van der Waals surface area contributed by atoms with E-state index in [1.807, 2.05) is 38.2 Å². The van der Waals surface area contributed by atoms with Crippen LogP contribution in [0, 0.1) is 0 Å². The second-order valence-corrected chi connectivity index (χ2v) is 8.58. The van der Waals surface area contributed by atoms with E-state index in [9.17, 15) is 9.59 Å². The number of nitrogens with one attached hydrogen (secondary N) is 1. The van der Waals surface area contributed by atoms with Crippen molar-refractivity contribution in [1.29, 1.82) is 0 Å². The van der Waals surface area contributed by atoms with E-state index in [0.29, 0.717) is 23.7 Å². The number of H-pyrrole nitrogens is 1. The molecule has 5 nitrogen and oxygen atoms in total. The Morgan fingerprint density at radius 2 is 2.21 bits per heavy atom. The fourth-order valence-electron chi connectivity index (χ4n) is 3.22. The molecule has 1 aliphatic heterocycles. The fourth-order valence-corrected chi connectivity index (χ4v) is 4.56. The molecule has 1 aromatic heterocycles. The lowest BCUT2D eigenvalue weighted by atomic mass is 10.0. The third-order valence-electron chi connectivity index (χ3n) is 4.47. The number of aryl methyl sites for hydroxylation is 1. The van der Waals surface area contributed by atoms with Crippen LogP contribution in [0.25, 0.3) is 10.9 Å². The number of hydrogen-bond donors (Lipinski definition) is 2. The summed E-state index contributed by atoms with van der Waals surface area (Å²) in [6, 6.07) is 5.09. The lowest BCUT2D eigenvalue weighted by molar-refractivity contribution is -0.138. The van der Waals surface area contributed by atoms with Gasteiger partial charge in [0.05, 0.1) is 5.88 Å². The number of hydrogen-bond acceptors (Lipinski definition) is 3. The van der Waals surface area contributed by atoms with Gasteiger partial charge >= 0.3 is 0 Å². The quantitative estimate of drug-likeness (QED) is 0.874. The van der Waals surface area contributed by atoms with E-state index in [1.54, 1.807) is 16.7 Å². The molecule has 0 bridgehead atoms. The minimum absolute atomic E-state index is 0.0479. The van der Waals surface area contributed by atoms with Crippen LogP contribution in [-0.4, -0.2) is 38.4 Å². The standard InChI is InChI=1S/C17H20ClN3O2S/c1-17(2)15(16(19)23)21(9-24-17)14(22)6-3-10-8-20-13-5-4-11(18)7-12(10)13/h4-5,7-8,15,20H,3,6,9H2,1-2H3,(H2,19,23)/t15-/m1/s1. The van der Waals surface area contributed by atoms with Gasteiger partial charge in [0.2, 0.25) is 11.8 Å². The van der Waals surface area contributed by atoms with Gasteiger partial charge in [-0.1, -0.05) is 11.6 Å². The highest BCUT2D eigenvalue weighted by Crippen LogP contribution is 2.39. The van der Waals surface area contributed by atoms with Gasteiger partial charge in [-0.3, -0.25) is 9.59 Å². The summed E-state index contributed by atoms with van der Waals surface area (Å²) in [4.78, 5) is 29.2. The summed E-state index contributed by atoms with van der Waals surface area (Å²) in [6.07, 6.45) is 2.83. The normalized spacial score (nSPS) is 19.8. The monoisotopic (exact) mass is 365 g/mol. The zero-order valence-electron chi connectivity index (χ0n) is 13.6. The molecule has 1 atom stereocenters. The van der Waals surface area contributed by atoms with Crippen molar-refractivity contribution in [3.05, 3.63) is 35.0 Å². The van der Waals surface area contributed by atoms with E-state index in [0.717, 1.165) is 16.5 Å². The molecule has 3 rings (SSSR count). The molecule has 2 heterocycles. The molecule has 0 spiro atoms. The predicted molar refractivity (Wildman–Crippen MR) is 98.0 cm³/mol. The Morgan fingerprint density at radius 3 is 2.92 bits per heavy atom. The third-order valence-corrected chi connectivity index (χ3v) is 6.08. The van der Waals surface area contributed by atoms with Crippen LogP contribution in [-0.2, 0) is 16.0 Å². The molecule has 1 fully saturated rings. The number of rotatable bonds is 4. The molecule has 128 valence electrons. The van der Waals surface area contributed by atoms with Crippen molar-refractivity contribution in [3.8, 4) is 0 Å². The SMILES string of the molecule is CC1(C)SCN(C(=O)CCc2c[nH]c3ccc(Cl)cc23)[C@@H]1C(N)=O. The number of nitrogens with zero attached hydrogens (tertiary/aromatic N) is 1. The van der Waals surface area contributed by atoms with Gasteiger partial charge in [-0.15, -0.1) is 11.8 Å². The third kappa shape index (κ3) is 3.13. The first kappa shape index (κ1) is 17.2. The highest BCUT2D eigenvalue weighted by Gasteiger charge is 2.46. The lowest BCUT2D eigenvalue weighted by Gasteiger charge is -2.28. The zero-order chi connectivity index (χ0) is 17.5. The number of aromatic nitrogens is 1. The number of fused-ring (bicyclic) bond motifs is 1. The summed E-state index contributed by atoms with van der Waals surface area (Å²) in [5.41, 5.74) is 7.56.